The van der Waals surface area contributed by atoms with Crippen molar-refractivity contribution < 1.29 is 9.90 Å². The van der Waals surface area contributed by atoms with E-state index in [1.165, 1.54) is 0 Å². The molecule has 0 saturated carbocycles. The standard InChI is InChI=1S/C16H18N2O2/c1-11-9-14(13-6-2-3-7-15(13)17-11)16(20)18-8-4-5-12(18)10-19/h2-3,6-7,9,12,19H,4-5,8,10H2,1H3. The van der Waals surface area contributed by atoms with Gasteiger partial charge in [-0.3, -0.25) is 9.78 Å². The highest BCUT2D eigenvalue weighted by molar-refractivity contribution is 6.06. The van der Waals surface area contributed by atoms with Crippen LogP contribution >= 0.6 is 0 Å². The smallest absolute Gasteiger partial charge is 0.254 e. The number of aromatic nitrogens is 1. The molecule has 0 aliphatic carbocycles. The fourth-order valence-corrected chi connectivity index (χ4v) is 2.93. The molecule has 1 fully saturated rings. The molecule has 4 nitrogen and oxygen atoms in total. The van der Waals surface area contributed by atoms with Crippen molar-refractivity contribution in [3.05, 3.63) is 41.6 Å². The second kappa shape index (κ2) is 5.21. The van der Waals surface area contributed by atoms with E-state index in [1.807, 2.05) is 37.3 Å². The average molecular weight is 270 g/mol. The van der Waals surface area contributed by atoms with Gasteiger partial charge in [0.15, 0.2) is 0 Å². The first kappa shape index (κ1) is 13.1. The summed E-state index contributed by atoms with van der Waals surface area (Å²) in [5.41, 5.74) is 2.37. The molecule has 4 heteroatoms. The van der Waals surface area contributed by atoms with E-state index in [0.29, 0.717) is 5.56 Å². The van der Waals surface area contributed by atoms with E-state index in [0.717, 1.165) is 36.0 Å². The zero-order chi connectivity index (χ0) is 14.1. The second-order valence-electron chi connectivity index (χ2n) is 5.31. The van der Waals surface area contributed by atoms with Gasteiger partial charge in [0.05, 0.1) is 23.7 Å². The molecule has 2 aromatic rings. The molecular weight excluding hydrogens is 252 g/mol. The maximum absolute atomic E-state index is 12.8. The largest absolute Gasteiger partial charge is 0.394 e. The van der Waals surface area contributed by atoms with Crippen molar-refractivity contribution in [3.63, 3.8) is 0 Å². The van der Waals surface area contributed by atoms with Gasteiger partial charge < -0.3 is 10.0 Å². The molecule has 3 rings (SSSR count). The minimum atomic E-state index is -0.0465. The number of benzene rings is 1. The number of hydrogen-bond donors (Lipinski definition) is 1. The molecule has 0 radical (unpaired) electrons. The Morgan fingerprint density at radius 3 is 3.05 bits per heavy atom. The van der Waals surface area contributed by atoms with E-state index in [9.17, 15) is 9.90 Å². The minimum Gasteiger partial charge on any atom is -0.394 e. The van der Waals surface area contributed by atoms with E-state index in [-0.39, 0.29) is 18.6 Å². The van der Waals surface area contributed by atoms with E-state index >= 15 is 0 Å². The highest BCUT2D eigenvalue weighted by atomic mass is 16.3. The maximum atomic E-state index is 12.8. The molecule has 1 aliphatic rings. The van der Waals surface area contributed by atoms with E-state index in [4.69, 9.17) is 0 Å². The summed E-state index contributed by atoms with van der Waals surface area (Å²) < 4.78 is 0. The van der Waals surface area contributed by atoms with Crippen molar-refractivity contribution >= 4 is 16.8 Å². The summed E-state index contributed by atoms with van der Waals surface area (Å²) in [7, 11) is 0. The Morgan fingerprint density at radius 2 is 2.25 bits per heavy atom. The number of pyridine rings is 1. The van der Waals surface area contributed by atoms with Gasteiger partial charge in [0.25, 0.3) is 5.91 Å². The molecule has 2 heterocycles. The third kappa shape index (κ3) is 2.16. The van der Waals surface area contributed by atoms with Crippen LogP contribution in [-0.4, -0.2) is 40.1 Å². The van der Waals surface area contributed by atoms with Crippen molar-refractivity contribution in [2.45, 2.75) is 25.8 Å². The summed E-state index contributed by atoms with van der Waals surface area (Å²) in [5.74, 6) is 0.00301. The van der Waals surface area contributed by atoms with Gasteiger partial charge in [-0.1, -0.05) is 18.2 Å². The van der Waals surface area contributed by atoms with Gasteiger partial charge in [-0.2, -0.15) is 0 Å². The van der Waals surface area contributed by atoms with Crippen LogP contribution in [0, 0.1) is 6.92 Å². The summed E-state index contributed by atoms with van der Waals surface area (Å²) >= 11 is 0. The van der Waals surface area contributed by atoms with Gasteiger partial charge in [-0.05, 0) is 31.9 Å². The molecule has 1 unspecified atom stereocenters. The van der Waals surface area contributed by atoms with Gasteiger partial charge >= 0.3 is 0 Å². The van der Waals surface area contributed by atoms with E-state index in [2.05, 4.69) is 4.98 Å². The van der Waals surface area contributed by atoms with Gasteiger partial charge in [-0.15, -0.1) is 0 Å². The van der Waals surface area contributed by atoms with Crippen LogP contribution in [0.15, 0.2) is 30.3 Å². The zero-order valence-electron chi connectivity index (χ0n) is 11.5. The Kier molecular flexibility index (Phi) is 3.40. The number of likely N-dealkylation sites (tertiary alicyclic amines) is 1. The Bertz CT molecular complexity index is 654. The number of amides is 1. The zero-order valence-corrected chi connectivity index (χ0v) is 11.5. The molecule has 1 aromatic carbocycles. The summed E-state index contributed by atoms with van der Waals surface area (Å²) in [6, 6.07) is 9.50. The summed E-state index contributed by atoms with van der Waals surface area (Å²) in [4.78, 5) is 19.0. The Labute approximate surface area is 118 Å². The van der Waals surface area contributed by atoms with E-state index < -0.39 is 0 Å². The molecule has 1 aliphatic heterocycles. The number of para-hydroxylation sites is 1. The van der Waals surface area contributed by atoms with Crippen molar-refractivity contribution in [2.24, 2.45) is 0 Å². The lowest BCUT2D eigenvalue weighted by atomic mass is 10.1. The van der Waals surface area contributed by atoms with Crippen LogP contribution in [0.3, 0.4) is 0 Å². The van der Waals surface area contributed by atoms with Crippen LogP contribution < -0.4 is 0 Å². The topological polar surface area (TPSA) is 53.4 Å². The lowest BCUT2D eigenvalue weighted by Gasteiger charge is -2.23. The molecule has 1 aromatic heterocycles. The number of fused-ring (bicyclic) bond motifs is 1. The van der Waals surface area contributed by atoms with Crippen LogP contribution in [-0.2, 0) is 0 Å². The monoisotopic (exact) mass is 270 g/mol. The Hall–Kier alpha value is -1.94. The third-order valence-corrected chi connectivity index (χ3v) is 3.92. The van der Waals surface area contributed by atoms with Crippen molar-refractivity contribution in [3.8, 4) is 0 Å². The van der Waals surface area contributed by atoms with Gasteiger partial charge in [0.2, 0.25) is 0 Å². The summed E-state index contributed by atoms with van der Waals surface area (Å²) in [5, 5.41) is 10.3. The molecule has 1 amide bonds. The molecule has 1 saturated heterocycles. The van der Waals surface area contributed by atoms with Gasteiger partial charge in [0, 0.05) is 17.6 Å². The van der Waals surface area contributed by atoms with Crippen LogP contribution in [0.5, 0.6) is 0 Å². The lowest BCUT2D eigenvalue weighted by molar-refractivity contribution is 0.0679. The number of aliphatic hydroxyl groups excluding tert-OH is 1. The maximum Gasteiger partial charge on any atom is 0.254 e. The fraction of sp³-hybridized carbons (Fsp3) is 0.375. The number of aliphatic hydroxyl groups is 1. The molecule has 20 heavy (non-hydrogen) atoms. The second-order valence-corrected chi connectivity index (χ2v) is 5.31. The van der Waals surface area contributed by atoms with Gasteiger partial charge in [0.1, 0.15) is 0 Å². The number of aryl methyl sites for hydroxylation is 1. The molecular formula is C16H18N2O2. The normalized spacial score (nSPS) is 18.7. The van der Waals surface area contributed by atoms with Crippen LogP contribution in [0.2, 0.25) is 0 Å². The summed E-state index contributed by atoms with van der Waals surface area (Å²) in [6.45, 7) is 2.66. The quantitative estimate of drug-likeness (QED) is 0.909. The number of rotatable bonds is 2. The van der Waals surface area contributed by atoms with Gasteiger partial charge in [-0.25, -0.2) is 0 Å². The SMILES string of the molecule is Cc1cc(C(=O)N2CCCC2CO)c2ccccc2n1. The van der Waals surface area contributed by atoms with Crippen LogP contribution in [0.1, 0.15) is 28.9 Å². The van der Waals surface area contributed by atoms with E-state index in [1.54, 1.807) is 4.90 Å². The van der Waals surface area contributed by atoms with Crippen LogP contribution in [0.4, 0.5) is 0 Å². The number of nitrogens with zero attached hydrogens (tertiary/aromatic N) is 2. The minimum absolute atomic E-state index is 0.00301. The number of hydrogen-bond acceptors (Lipinski definition) is 3. The average Bonchev–Trinajstić information content (AvgIpc) is 2.94. The summed E-state index contributed by atoms with van der Waals surface area (Å²) in [6.07, 6.45) is 1.84. The molecule has 0 spiro atoms. The van der Waals surface area contributed by atoms with Crippen molar-refractivity contribution in [1.29, 1.82) is 0 Å². The lowest BCUT2D eigenvalue weighted by Crippen LogP contribution is -2.37. The first-order valence-corrected chi connectivity index (χ1v) is 6.99. The number of carbonyl (C=O) groups excluding carboxylic acids is 1. The number of carbonyl (C=O) groups is 1. The van der Waals surface area contributed by atoms with Crippen LogP contribution in [0.25, 0.3) is 10.9 Å². The molecule has 104 valence electrons. The fourth-order valence-electron chi connectivity index (χ4n) is 2.93. The predicted molar refractivity (Wildman–Crippen MR) is 77.6 cm³/mol. The van der Waals surface area contributed by atoms with Crippen molar-refractivity contribution in [2.75, 3.05) is 13.2 Å². The third-order valence-electron chi connectivity index (χ3n) is 3.92. The first-order chi connectivity index (χ1) is 9.70. The highest BCUT2D eigenvalue weighted by Crippen LogP contribution is 2.24. The highest BCUT2D eigenvalue weighted by Gasteiger charge is 2.29. The molecule has 0 bridgehead atoms. The first-order valence-electron chi connectivity index (χ1n) is 6.99. The van der Waals surface area contributed by atoms with Crippen molar-refractivity contribution in [1.82, 2.24) is 9.88 Å². The predicted octanol–water partition coefficient (Wildman–Crippen LogP) is 2.14. The molecule has 1 atom stereocenters. The molecule has 1 N–H and O–H groups in total. The Balaban J connectivity index is 2.07. The Morgan fingerprint density at radius 1 is 1.45 bits per heavy atom.